The van der Waals surface area contributed by atoms with E-state index < -0.39 is 0 Å². The lowest BCUT2D eigenvalue weighted by molar-refractivity contribution is 0.147. The van der Waals surface area contributed by atoms with Gasteiger partial charge in [0.25, 0.3) is 0 Å². The van der Waals surface area contributed by atoms with Gasteiger partial charge in [-0.2, -0.15) is 0 Å². The number of nitrogens with zero attached hydrogens (tertiary/aromatic N) is 4. The topological polar surface area (TPSA) is 60.0 Å². The summed E-state index contributed by atoms with van der Waals surface area (Å²) in [4.78, 5) is 2.36. The molecule has 2 unspecified atom stereocenters. The van der Waals surface area contributed by atoms with Gasteiger partial charge in [0.1, 0.15) is 12.2 Å². The van der Waals surface area contributed by atoms with Gasteiger partial charge in [-0.3, -0.25) is 4.90 Å². The van der Waals surface area contributed by atoms with Crippen LogP contribution in [0, 0.1) is 0 Å². The lowest BCUT2D eigenvalue weighted by Crippen LogP contribution is -2.47. The summed E-state index contributed by atoms with van der Waals surface area (Å²) < 4.78 is 2.10. The van der Waals surface area contributed by atoms with Gasteiger partial charge in [-0.25, -0.2) is 0 Å². The van der Waals surface area contributed by atoms with Crippen molar-refractivity contribution in [2.45, 2.75) is 39.0 Å². The van der Waals surface area contributed by atoms with E-state index in [4.69, 9.17) is 5.73 Å². The SMILES string of the molecule is CC(N)C(C)N1CCn2cnnc2C1. The molecule has 5 heteroatoms. The van der Waals surface area contributed by atoms with E-state index in [9.17, 15) is 0 Å². The van der Waals surface area contributed by atoms with Crippen LogP contribution in [0.15, 0.2) is 6.33 Å². The minimum atomic E-state index is 0.199. The van der Waals surface area contributed by atoms with Gasteiger partial charge in [0.05, 0.1) is 6.54 Å². The second-order valence-corrected chi connectivity index (χ2v) is 4.01. The van der Waals surface area contributed by atoms with Crippen LogP contribution in [0.1, 0.15) is 19.7 Å². The zero-order valence-electron chi connectivity index (χ0n) is 8.72. The zero-order valence-corrected chi connectivity index (χ0v) is 8.72. The van der Waals surface area contributed by atoms with Crippen LogP contribution in [0.3, 0.4) is 0 Å². The maximum absolute atomic E-state index is 5.88. The number of fused-ring (bicyclic) bond motifs is 1. The molecule has 0 bridgehead atoms. The van der Waals surface area contributed by atoms with Gasteiger partial charge < -0.3 is 10.3 Å². The highest BCUT2D eigenvalue weighted by atomic mass is 15.3. The monoisotopic (exact) mass is 195 g/mol. The van der Waals surface area contributed by atoms with E-state index in [0.717, 1.165) is 25.5 Å². The highest BCUT2D eigenvalue weighted by Gasteiger charge is 2.23. The fourth-order valence-corrected chi connectivity index (χ4v) is 1.77. The van der Waals surface area contributed by atoms with Crippen molar-refractivity contribution in [3.05, 3.63) is 12.2 Å². The van der Waals surface area contributed by atoms with E-state index in [1.807, 2.05) is 6.92 Å². The van der Waals surface area contributed by atoms with E-state index in [0.29, 0.717) is 6.04 Å². The van der Waals surface area contributed by atoms with Crippen molar-refractivity contribution in [2.75, 3.05) is 6.54 Å². The number of rotatable bonds is 2. The molecular weight excluding hydrogens is 178 g/mol. The molecule has 1 aromatic heterocycles. The molecule has 0 aromatic carbocycles. The summed E-state index contributed by atoms with van der Waals surface area (Å²) in [6.07, 6.45) is 1.79. The van der Waals surface area contributed by atoms with E-state index in [-0.39, 0.29) is 6.04 Å². The third-order valence-corrected chi connectivity index (χ3v) is 3.01. The highest BCUT2D eigenvalue weighted by molar-refractivity contribution is 4.92. The molecule has 0 aliphatic carbocycles. The average Bonchev–Trinajstić information content (AvgIpc) is 2.62. The Morgan fingerprint density at radius 3 is 2.93 bits per heavy atom. The van der Waals surface area contributed by atoms with Crippen LogP contribution >= 0.6 is 0 Å². The molecular formula is C9H17N5. The summed E-state index contributed by atoms with van der Waals surface area (Å²) in [6.45, 7) is 7.08. The first-order valence-electron chi connectivity index (χ1n) is 5.05. The van der Waals surface area contributed by atoms with Gasteiger partial charge in [-0.05, 0) is 13.8 Å². The second kappa shape index (κ2) is 3.67. The first-order valence-corrected chi connectivity index (χ1v) is 5.05. The quantitative estimate of drug-likeness (QED) is 0.711. The molecule has 2 rings (SSSR count). The fraction of sp³-hybridized carbons (Fsp3) is 0.778. The smallest absolute Gasteiger partial charge is 0.147 e. The largest absolute Gasteiger partial charge is 0.327 e. The Bertz CT molecular complexity index is 306. The fourth-order valence-electron chi connectivity index (χ4n) is 1.77. The molecule has 1 aliphatic rings. The van der Waals surface area contributed by atoms with Crippen molar-refractivity contribution in [3.63, 3.8) is 0 Å². The Hall–Kier alpha value is -0.940. The van der Waals surface area contributed by atoms with E-state index in [1.54, 1.807) is 6.33 Å². The van der Waals surface area contributed by atoms with Gasteiger partial charge in [-0.1, -0.05) is 0 Å². The Kier molecular flexibility index (Phi) is 2.52. The molecule has 0 amide bonds. The third kappa shape index (κ3) is 1.65. The number of nitrogens with two attached hydrogens (primary N) is 1. The standard InChI is InChI=1S/C9H17N5/c1-7(10)8(2)13-3-4-14-6-11-12-9(14)5-13/h6-8H,3-5,10H2,1-2H3. The van der Waals surface area contributed by atoms with Crippen molar-refractivity contribution in [2.24, 2.45) is 5.73 Å². The number of hydrogen-bond donors (Lipinski definition) is 1. The normalized spacial score (nSPS) is 21.6. The van der Waals surface area contributed by atoms with Gasteiger partial charge in [0.2, 0.25) is 0 Å². The zero-order chi connectivity index (χ0) is 10.1. The summed E-state index contributed by atoms with van der Waals surface area (Å²) >= 11 is 0. The van der Waals surface area contributed by atoms with Crippen molar-refractivity contribution >= 4 is 0 Å². The van der Waals surface area contributed by atoms with E-state index >= 15 is 0 Å². The Morgan fingerprint density at radius 1 is 1.43 bits per heavy atom. The van der Waals surface area contributed by atoms with E-state index in [2.05, 4.69) is 26.6 Å². The van der Waals surface area contributed by atoms with Gasteiger partial charge >= 0.3 is 0 Å². The van der Waals surface area contributed by atoms with Gasteiger partial charge in [-0.15, -0.1) is 10.2 Å². The van der Waals surface area contributed by atoms with Crippen LogP contribution in [0.2, 0.25) is 0 Å². The maximum Gasteiger partial charge on any atom is 0.147 e. The Morgan fingerprint density at radius 2 is 2.21 bits per heavy atom. The lowest BCUT2D eigenvalue weighted by atomic mass is 10.1. The second-order valence-electron chi connectivity index (χ2n) is 4.01. The van der Waals surface area contributed by atoms with Crippen LogP contribution in [0.5, 0.6) is 0 Å². The summed E-state index contributed by atoms with van der Waals surface area (Å²) in [6, 6.07) is 0.602. The predicted octanol–water partition coefficient (Wildman–Crippen LogP) is -0.171. The first kappa shape index (κ1) is 9.61. The molecule has 2 N–H and O–H groups in total. The van der Waals surface area contributed by atoms with Gasteiger partial charge in [0, 0.05) is 25.2 Å². The molecule has 0 saturated carbocycles. The van der Waals surface area contributed by atoms with Crippen molar-refractivity contribution < 1.29 is 0 Å². The molecule has 1 aliphatic heterocycles. The average molecular weight is 195 g/mol. The van der Waals surface area contributed by atoms with Crippen LogP contribution in [0.25, 0.3) is 0 Å². The van der Waals surface area contributed by atoms with Crippen LogP contribution < -0.4 is 5.73 Å². The van der Waals surface area contributed by atoms with E-state index in [1.165, 1.54) is 0 Å². The Balaban J connectivity index is 2.07. The van der Waals surface area contributed by atoms with Crippen LogP contribution in [-0.2, 0) is 13.1 Å². The molecule has 0 fully saturated rings. The maximum atomic E-state index is 5.88. The molecule has 78 valence electrons. The molecule has 1 aromatic rings. The number of hydrogen-bond acceptors (Lipinski definition) is 4. The van der Waals surface area contributed by atoms with Gasteiger partial charge in [0.15, 0.2) is 0 Å². The molecule has 0 spiro atoms. The van der Waals surface area contributed by atoms with Crippen molar-refractivity contribution in [1.29, 1.82) is 0 Å². The predicted molar refractivity (Wildman–Crippen MR) is 53.5 cm³/mol. The lowest BCUT2D eigenvalue weighted by Gasteiger charge is -2.34. The first-order chi connectivity index (χ1) is 6.68. The summed E-state index contributed by atoms with van der Waals surface area (Å²) in [7, 11) is 0. The summed E-state index contributed by atoms with van der Waals surface area (Å²) in [5.74, 6) is 1.05. The van der Waals surface area contributed by atoms with Crippen molar-refractivity contribution in [3.8, 4) is 0 Å². The number of aromatic nitrogens is 3. The molecule has 0 saturated heterocycles. The molecule has 0 radical (unpaired) electrons. The van der Waals surface area contributed by atoms with Crippen molar-refractivity contribution in [1.82, 2.24) is 19.7 Å². The third-order valence-electron chi connectivity index (χ3n) is 3.01. The molecule has 2 heterocycles. The molecule has 2 atom stereocenters. The minimum absolute atomic E-state index is 0.199. The molecule has 5 nitrogen and oxygen atoms in total. The summed E-state index contributed by atoms with van der Waals surface area (Å²) in [5, 5.41) is 7.98. The molecule has 14 heavy (non-hydrogen) atoms. The minimum Gasteiger partial charge on any atom is -0.327 e. The van der Waals surface area contributed by atoms with Crippen LogP contribution in [-0.4, -0.2) is 38.3 Å². The highest BCUT2D eigenvalue weighted by Crippen LogP contribution is 2.13. The van der Waals surface area contributed by atoms with Crippen LogP contribution in [0.4, 0.5) is 0 Å². The summed E-state index contributed by atoms with van der Waals surface area (Å²) in [5.41, 5.74) is 5.88. The Labute approximate surface area is 83.9 Å².